The topological polar surface area (TPSA) is 41.6 Å². The zero-order valence-electron chi connectivity index (χ0n) is 12.0. The first-order chi connectivity index (χ1) is 10.1. The molecule has 1 saturated heterocycles. The van der Waals surface area contributed by atoms with Crippen molar-refractivity contribution in [1.82, 2.24) is 10.2 Å². The minimum absolute atomic E-state index is 0.0618. The molecule has 0 spiro atoms. The number of ether oxygens (including phenoxy) is 1. The molecule has 1 atom stereocenters. The van der Waals surface area contributed by atoms with Gasteiger partial charge in [-0.25, -0.2) is 0 Å². The normalized spacial score (nSPS) is 18.9. The van der Waals surface area contributed by atoms with Gasteiger partial charge in [0.05, 0.1) is 5.56 Å². The van der Waals surface area contributed by atoms with Crippen molar-refractivity contribution in [3.05, 3.63) is 29.8 Å². The Labute approximate surface area is 123 Å². The van der Waals surface area contributed by atoms with Gasteiger partial charge in [-0.3, -0.25) is 4.79 Å². The summed E-state index contributed by atoms with van der Waals surface area (Å²) in [5.74, 6) is 0.0937. The lowest BCUT2D eigenvalue weighted by Gasteiger charge is -2.33. The van der Waals surface area contributed by atoms with Crippen LogP contribution < -0.4 is 10.1 Å². The molecule has 1 unspecified atom stereocenters. The lowest BCUT2D eigenvalue weighted by atomic mass is 9.97. The summed E-state index contributed by atoms with van der Waals surface area (Å²) in [4.78, 5) is 14.3. The number of amides is 1. The van der Waals surface area contributed by atoms with E-state index in [0.29, 0.717) is 19.0 Å². The molecule has 6 heteroatoms. The zero-order chi connectivity index (χ0) is 15.2. The van der Waals surface area contributed by atoms with E-state index in [9.17, 15) is 13.6 Å². The van der Waals surface area contributed by atoms with E-state index in [1.165, 1.54) is 12.1 Å². The fraction of sp³-hybridized carbons (Fsp3) is 0.533. The highest BCUT2D eigenvalue weighted by Crippen LogP contribution is 2.24. The lowest BCUT2D eigenvalue weighted by Crippen LogP contribution is -2.42. The van der Waals surface area contributed by atoms with Gasteiger partial charge in [-0.2, -0.15) is 8.78 Å². The van der Waals surface area contributed by atoms with E-state index in [2.05, 4.69) is 10.1 Å². The van der Waals surface area contributed by atoms with Gasteiger partial charge in [-0.15, -0.1) is 0 Å². The highest BCUT2D eigenvalue weighted by Gasteiger charge is 2.26. The van der Waals surface area contributed by atoms with Crippen LogP contribution >= 0.6 is 0 Å². The van der Waals surface area contributed by atoms with E-state index in [4.69, 9.17) is 0 Å². The molecule has 0 radical (unpaired) electrons. The Kier molecular flexibility index (Phi) is 5.50. The van der Waals surface area contributed by atoms with Gasteiger partial charge in [-0.05, 0) is 44.5 Å². The number of likely N-dealkylation sites (tertiary alicyclic amines) is 1. The van der Waals surface area contributed by atoms with Crippen molar-refractivity contribution in [2.24, 2.45) is 5.92 Å². The summed E-state index contributed by atoms with van der Waals surface area (Å²) in [6, 6.07) is 6.16. The third-order valence-electron chi connectivity index (χ3n) is 3.63. The Morgan fingerprint density at radius 2 is 2.24 bits per heavy atom. The molecule has 1 aliphatic heterocycles. The van der Waals surface area contributed by atoms with Crippen LogP contribution in [-0.2, 0) is 0 Å². The average molecular weight is 298 g/mol. The Bertz CT molecular complexity index is 480. The SMILES string of the molecule is CNCC1CCCN(C(=O)c2ccccc2OC(F)F)C1. The number of halogens is 2. The van der Waals surface area contributed by atoms with Gasteiger partial charge in [0, 0.05) is 13.1 Å². The predicted octanol–water partition coefficient (Wildman–Crippen LogP) is 2.36. The average Bonchev–Trinajstić information content (AvgIpc) is 2.47. The van der Waals surface area contributed by atoms with Crippen LogP contribution in [0.4, 0.5) is 8.78 Å². The first-order valence-corrected chi connectivity index (χ1v) is 7.09. The standard InChI is InChI=1S/C15H20F2N2O2/c1-18-9-11-5-4-8-19(10-11)14(20)12-6-2-3-7-13(12)21-15(16)17/h2-3,6-7,11,15,18H,4-5,8-10H2,1H3. The number of rotatable bonds is 5. The first-order valence-electron chi connectivity index (χ1n) is 7.09. The van der Waals surface area contributed by atoms with Gasteiger partial charge in [0.1, 0.15) is 5.75 Å². The molecule has 116 valence electrons. The van der Waals surface area contributed by atoms with Gasteiger partial charge >= 0.3 is 6.61 Å². The highest BCUT2D eigenvalue weighted by molar-refractivity contribution is 5.97. The minimum atomic E-state index is -2.93. The molecule has 0 saturated carbocycles. The Hall–Kier alpha value is -1.69. The van der Waals surface area contributed by atoms with Crippen molar-refractivity contribution < 1.29 is 18.3 Å². The number of para-hydroxylation sites is 1. The van der Waals surface area contributed by atoms with E-state index in [1.54, 1.807) is 17.0 Å². The number of hydrogen-bond acceptors (Lipinski definition) is 3. The number of benzene rings is 1. The van der Waals surface area contributed by atoms with Crippen LogP contribution in [-0.4, -0.2) is 44.1 Å². The Morgan fingerprint density at radius 3 is 2.95 bits per heavy atom. The highest BCUT2D eigenvalue weighted by atomic mass is 19.3. The summed E-state index contributed by atoms with van der Waals surface area (Å²) in [5, 5.41) is 3.11. The van der Waals surface area contributed by atoms with E-state index >= 15 is 0 Å². The number of carbonyl (C=O) groups excluding carboxylic acids is 1. The summed E-state index contributed by atoms with van der Waals surface area (Å²) in [6.07, 6.45) is 2.00. The van der Waals surface area contributed by atoms with Gasteiger partial charge in [-0.1, -0.05) is 12.1 Å². The second kappa shape index (κ2) is 7.36. The fourth-order valence-electron chi connectivity index (χ4n) is 2.72. The Morgan fingerprint density at radius 1 is 1.48 bits per heavy atom. The molecule has 0 aliphatic carbocycles. The summed E-state index contributed by atoms with van der Waals surface area (Å²) >= 11 is 0. The van der Waals surface area contributed by atoms with Crippen molar-refractivity contribution in [3.8, 4) is 5.75 Å². The molecule has 1 fully saturated rings. The molecule has 1 aromatic rings. The molecular formula is C15H20F2N2O2. The second-order valence-corrected chi connectivity index (χ2v) is 5.19. The summed E-state index contributed by atoms with van der Waals surface area (Å²) < 4.78 is 29.3. The number of nitrogens with zero attached hydrogens (tertiary/aromatic N) is 1. The molecule has 1 heterocycles. The smallest absolute Gasteiger partial charge is 0.387 e. The number of hydrogen-bond donors (Lipinski definition) is 1. The largest absolute Gasteiger partial charge is 0.434 e. The van der Waals surface area contributed by atoms with Crippen molar-refractivity contribution in [3.63, 3.8) is 0 Å². The van der Waals surface area contributed by atoms with Gasteiger partial charge in [0.15, 0.2) is 0 Å². The number of piperidine rings is 1. The first kappa shape index (κ1) is 15.7. The van der Waals surface area contributed by atoms with Crippen molar-refractivity contribution in [1.29, 1.82) is 0 Å². The van der Waals surface area contributed by atoms with Crippen molar-refractivity contribution in [2.75, 3.05) is 26.7 Å². The summed E-state index contributed by atoms with van der Waals surface area (Å²) in [6.45, 7) is -0.790. The molecule has 2 rings (SSSR count). The molecule has 4 nitrogen and oxygen atoms in total. The number of carbonyl (C=O) groups is 1. The molecule has 1 amide bonds. The van der Waals surface area contributed by atoms with Gasteiger partial charge in [0.2, 0.25) is 0 Å². The quantitative estimate of drug-likeness (QED) is 0.907. The monoisotopic (exact) mass is 298 g/mol. The maximum Gasteiger partial charge on any atom is 0.387 e. The Balaban J connectivity index is 2.12. The minimum Gasteiger partial charge on any atom is -0.434 e. The molecule has 1 aliphatic rings. The zero-order valence-corrected chi connectivity index (χ0v) is 12.0. The van der Waals surface area contributed by atoms with Gasteiger partial charge in [0.25, 0.3) is 5.91 Å². The second-order valence-electron chi connectivity index (χ2n) is 5.19. The van der Waals surface area contributed by atoms with Gasteiger partial charge < -0.3 is 15.0 Å². The molecule has 1 N–H and O–H groups in total. The van der Waals surface area contributed by atoms with Crippen LogP contribution in [0, 0.1) is 5.92 Å². The van der Waals surface area contributed by atoms with Crippen molar-refractivity contribution in [2.45, 2.75) is 19.5 Å². The maximum atomic E-state index is 12.5. The lowest BCUT2D eigenvalue weighted by molar-refractivity contribution is -0.0503. The maximum absolute atomic E-state index is 12.5. The van der Waals surface area contributed by atoms with Crippen molar-refractivity contribution >= 4 is 5.91 Å². The van der Waals surface area contributed by atoms with Crippen LogP contribution in [0.15, 0.2) is 24.3 Å². The summed E-state index contributed by atoms with van der Waals surface area (Å²) in [7, 11) is 1.88. The third-order valence-corrected chi connectivity index (χ3v) is 3.63. The fourth-order valence-corrected chi connectivity index (χ4v) is 2.72. The third kappa shape index (κ3) is 4.14. The van der Waals surface area contributed by atoms with E-state index < -0.39 is 6.61 Å². The van der Waals surface area contributed by atoms with E-state index in [0.717, 1.165) is 19.4 Å². The molecule has 0 aromatic heterocycles. The predicted molar refractivity (Wildman–Crippen MR) is 75.6 cm³/mol. The molecule has 21 heavy (non-hydrogen) atoms. The van der Waals surface area contributed by atoms with E-state index in [-0.39, 0.29) is 17.2 Å². The molecular weight excluding hydrogens is 278 g/mol. The number of nitrogens with one attached hydrogen (secondary N) is 1. The van der Waals surface area contributed by atoms with Crippen LogP contribution in [0.1, 0.15) is 23.2 Å². The van der Waals surface area contributed by atoms with E-state index in [1.807, 2.05) is 7.05 Å². The van der Waals surface area contributed by atoms with Crippen LogP contribution in [0.25, 0.3) is 0 Å². The molecule has 1 aromatic carbocycles. The van der Waals surface area contributed by atoms with Crippen LogP contribution in [0.3, 0.4) is 0 Å². The number of alkyl halides is 2. The van der Waals surface area contributed by atoms with Crippen LogP contribution in [0.5, 0.6) is 5.75 Å². The van der Waals surface area contributed by atoms with Crippen LogP contribution in [0.2, 0.25) is 0 Å². The summed E-state index contributed by atoms with van der Waals surface area (Å²) in [5.41, 5.74) is 0.197. The molecule has 0 bridgehead atoms.